The van der Waals surface area contributed by atoms with Gasteiger partial charge in [-0.05, 0) is 78.9 Å². The van der Waals surface area contributed by atoms with Gasteiger partial charge in [-0.15, -0.1) is 0 Å². The number of benzene rings is 4. The zero-order valence-corrected chi connectivity index (χ0v) is 22.0. The van der Waals surface area contributed by atoms with Crippen molar-refractivity contribution in [2.24, 2.45) is 14.1 Å². The summed E-state index contributed by atoms with van der Waals surface area (Å²) in [5, 5.41) is 2.52. The lowest BCUT2D eigenvalue weighted by molar-refractivity contribution is -0.633. The van der Waals surface area contributed by atoms with E-state index in [4.69, 9.17) is 0 Å². The molecule has 0 saturated heterocycles. The number of nitrogens with zero attached hydrogens (tertiary/aromatic N) is 2. The Bertz CT molecular complexity index is 1800. The van der Waals surface area contributed by atoms with Crippen molar-refractivity contribution in [1.82, 2.24) is 0 Å². The van der Waals surface area contributed by atoms with Crippen LogP contribution in [-0.4, -0.2) is 0 Å². The molecule has 0 amide bonds. The van der Waals surface area contributed by atoms with E-state index >= 15 is 0 Å². The smallest absolute Gasteiger partial charge is 0.194 e. The SMILES string of the molecule is Cc1cc(C)c(-c2ccc3ccccc3[n+]2C)cc1Cc1ccccc1-c1ccc2ccccc2[n+]1C. The zero-order valence-electron chi connectivity index (χ0n) is 22.0. The molecular weight excluding hydrogens is 448 g/mol. The number of hydrogen-bond acceptors (Lipinski definition) is 0. The van der Waals surface area contributed by atoms with Gasteiger partial charge in [0.05, 0.1) is 0 Å². The summed E-state index contributed by atoms with van der Waals surface area (Å²) in [5.74, 6) is 0. The lowest BCUT2D eigenvalue weighted by atomic mass is 9.91. The summed E-state index contributed by atoms with van der Waals surface area (Å²) in [6.45, 7) is 4.47. The molecule has 0 aliphatic rings. The number of pyridine rings is 2. The van der Waals surface area contributed by atoms with Crippen molar-refractivity contribution < 1.29 is 9.13 Å². The molecule has 2 nitrogen and oxygen atoms in total. The standard InChI is InChI=1S/C35H32N2/c1-24-21-25(2)31(35-20-18-27-12-7-10-16-33(27)37(35)4)23-29(24)22-28-13-5-8-14-30(28)34-19-17-26-11-6-9-15-32(26)36(34)3/h5-21,23H,22H2,1-4H3/q+2. The highest BCUT2D eigenvalue weighted by Crippen LogP contribution is 2.30. The van der Waals surface area contributed by atoms with Gasteiger partial charge in [0.15, 0.2) is 0 Å². The Morgan fingerprint density at radius 1 is 0.486 bits per heavy atom. The third-order valence-electron chi connectivity index (χ3n) is 7.79. The van der Waals surface area contributed by atoms with Gasteiger partial charge in [-0.2, -0.15) is 9.13 Å². The lowest BCUT2D eigenvalue weighted by Crippen LogP contribution is -2.32. The summed E-state index contributed by atoms with van der Waals surface area (Å²) in [7, 11) is 4.34. The van der Waals surface area contributed by atoms with Crippen molar-refractivity contribution in [2.45, 2.75) is 20.3 Å². The van der Waals surface area contributed by atoms with E-state index in [1.807, 2.05) is 0 Å². The summed E-state index contributed by atoms with van der Waals surface area (Å²) < 4.78 is 4.64. The Hall–Kier alpha value is -4.30. The highest BCUT2D eigenvalue weighted by molar-refractivity contribution is 5.79. The van der Waals surface area contributed by atoms with Crippen LogP contribution >= 0.6 is 0 Å². The summed E-state index contributed by atoms with van der Waals surface area (Å²) in [6.07, 6.45) is 0.888. The van der Waals surface area contributed by atoms with Gasteiger partial charge in [0, 0.05) is 46.2 Å². The van der Waals surface area contributed by atoms with E-state index in [0.29, 0.717) is 0 Å². The van der Waals surface area contributed by atoms with E-state index in [-0.39, 0.29) is 0 Å². The van der Waals surface area contributed by atoms with Crippen molar-refractivity contribution in [3.8, 4) is 22.5 Å². The molecule has 0 atom stereocenters. The second-order valence-electron chi connectivity index (χ2n) is 10.1. The van der Waals surface area contributed by atoms with Crippen molar-refractivity contribution in [3.05, 3.63) is 131 Å². The second-order valence-corrected chi connectivity index (χ2v) is 10.1. The topological polar surface area (TPSA) is 7.76 Å². The van der Waals surface area contributed by atoms with Crippen LogP contribution in [0.4, 0.5) is 0 Å². The highest BCUT2D eigenvalue weighted by Gasteiger charge is 2.20. The van der Waals surface area contributed by atoms with Gasteiger partial charge in [0.25, 0.3) is 0 Å². The number of fused-ring (bicyclic) bond motifs is 2. The maximum Gasteiger partial charge on any atom is 0.213 e. The first-order chi connectivity index (χ1) is 18.0. The van der Waals surface area contributed by atoms with E-state index in [1.165, 1.54) is 66.6 Å². The van der Waals surface area contributed by atoms with Crippen molar-refractivity contribution >= 4 is 21.8 Å². The molecule has 6 rings (SSSR count). The second kappa shape index (κ2) is 9.29. The van der Waals surface area contributed by atoms with E-state index in [2.05, 4.69) is 146 Å². The Kier molecular flexibility index (Phi) is 5.81. The van der Waals surface area contributed by atoms with Gasteiger partial charge < -0.3 is 0 Å². The molecule has 6 aromatic rings. The molecule has 0 saturated carbocycles. The fraction of sp³-hybridized carbons (Fsp3) is 0.143. The van der Waals surface area contributed by atoms with Gasteiger partial charge in [-0.1, -0.05) is 48.5 Å². The molecule has 37 heavy (non-hydrogen) atoms. The fourth-order valence-corrected chi connectivity index (χ4v) is 5.72. The maximum absolute atomic E-state index is 2.41. The Morgan fingerprint density at radius 3 is 1.68 bits per heavy atom. The average molecular weight is 481 g/mol. The largest absolute Gasteiger partial charge is 0.213 e. The van der Waals surface area contributed by atoms with Crippen LogP contribution in [0.5, 0.6) is 0 Å². The third kappa shape index (κ3) is 4.09. The first kappa shape index (κ1) is 23.1. The van der Waals surface area contributed by atoms with E-state index < -0.39 is 0 Å². The molecule has 0 radical (unpaired) electrons. The van der Waals surface area contributed by atoms with Gasteiger partial charge in [-0.25, -0.2) is 0 Å². The number of hydrogen-bond donors (Lipinski definition) is 0. The molecule has 2 aromatic heterocycles. The molecule has 0 bridgehead atoms. The summed E-state index contributed by atoms with van der Waals surface area (Å²) in [4.78, 5) is 0. The normalized spacial score (nSPS) is 11.4. The van der Waals surface area contributed by atoms with Crippen molar-refractivity contribution in [2.75, 3.05) is 0 Å². The minimum absolute atomic E-state index is 0.888. The summed E-state index contributed by atoms with van der Waals surface area (Å²) >= 11 is 0. The number of rotatable bonds is 4. The Morgan fingerprint density at radius 2 is 1.03 bits per heavy atom. The molecule has 2 heterocycles. The van der Waals surface area contributed by atoms with Crippen LogP contribution < -0.4 is 9.13 Å². The molecule has 0 N–H and O–H groups in total. The van der Waals surface area contributed by atoms with Crippen molar-refractivity contribution in [1.29, 1.82) is 0 Å². The monoisotopic (exact) mass is 480 g/mol. The minimum atomic E-state index is 0.888. The maximum atomic E-state index is 2.41. The van der Waals surface area contributed by atoms with Gasteiger partial charge in [0.1, 0.15) is 14.1 Å². The number of aromatic nitrogens is 2. The molecule has 0 aliphatic heterocycles. The van der Waals surface area contributed by atoms with Crippen LogP contribution in [-0.2, 0) is 20.5 Å². The third-order valence-corrected chi connectivity index (χ3v) is 7.79. The summed E-state index contributed by atoms with van der Waals surface area (Å²) in [5.41, 5.74) is 12.9. The molecule has 4 aromatic carbocycles. The number of para-hydroxylation sites is 2. The van der Waals surface area contributed by atoms with Gasteiger partial charge in [0.2, 0.25) is 22.4 Å². The molecule has 2 heteroatoms. The predicted molar refractivity (Wildman–Crippen MR) is 153 cm³/mol. The highest BCUT2D eigenvalue weighted by atomic mass is 14.9. The molecule has 0 spiro atoms. The van der Waals surface area contributed by atoms with Crippen LogP contribution in [0.15, 0.2) is 109 Å². The quantitative estimate of drug-likeness (QED) is 0.236. The van der Waals surface area contributed by atoms with Gasteiger partial charge in [-0.3, -0.25) is 0 Å². The predicted octanol–water partition coefficient (Wildman–Crippen LogP) is 7.18. The van der Waals surface area contributed by atoms with E-state index in [1.54, 1.807) is 0 Å². The molecule has 0 aliphatic carbocycles. The molecular formula is C35H32N2+2. The fourth-order valence-electron chi connectivity index (χ4n) is 5.72. The first-order valence-corrected chi connectivity index (χ1v) is 13.0. The lowest BCUT2D eigenvalue weighted by Gasteiger charge is -2.14. The molecule has 180 valence electrons. The first-order valence-electron chi connectivity index (χ1n) is 13.0. The van der Waals surface area contributed by atoms with Crippen LogP contribution in [0, 0.1) is 13.8 Å². The van der Waals surface area contributed by atoms with Crippen LogP contribution in [0.1, 0.15) is 22.3 Å². The van der Waals surface area contributed by atoms with Crippen LogP contribution in [0.25, 0.3) is 44.3 Å². The minimum Gasteiger partial charge on any atom is -0.194 e. The van der Waals surface area contributed by atoms with Crippen LogP contribution in [0.3, 0.4) is 0 Å². The van der Waals surface area contributed by atoms with Gasteiger partial charge >= 0.3 is 0 Å². The number of aryl methyl sites for hydroxylation is 4. The Balaban J connectivity index is 1.45. The van der Waals surface area contributed by atoms with Crippen molar-refractivity contribution in [3.63, 3.8) is 0 Å². The Labute approximate surface area is 219 Å². The molecule has 0 fully saturated rings. The van der Waals surface area contributed by atoms with E-state index in [0.717, 1.165) is 6.42 Å². The van der Waals surface area contributed by atoms with Crippen LogP contribution in [0.2, 0.25) is 0 Å². The molecule has 0 unspecified atom stereocenters. The van der Waals surface area contributed by atoms with E-state index in [9.17, 15) is 0 Å². The average Bonchev–Trinajstić information content (AvgIpc) is 2.92. The summed E-state index contributed by atoms with van der Waals surface area (Å²) in [6, 6.07) is 39.8. The zero-order chi connectivity index (χ0) is 25.5.